The van der Waals surface area contributed by atoms with Crippen LogP contribution in [0.2, 0.25) is 0 Å². The number of rotatable bonds is 5. The number of aryl methyl sites for hydroxylation is 3. The molecule has 0 radical (unpaired) electrons. The van der Waals surface area contributed by atoms with Gasteiger partial charge in [-0.05, 0) is 37.2 Å². The van der Waals surface area contributed by atoms with Crippen molar-refractivity contribution in [3.05, 3.63) is 56.7 Å². The maximum absolute atomic E-state index is 12.6. The summed E-state index contributed by atoms with van der Waals surface area (Å²) in [4.78, 5) is 34.1. The van der Waals surface area contributed by atoms with Crippen molar-refractivity contribution in [2.75, 3.05) is 18.0 Å². The maximum Gasteiger partial charge on any atom is 0.329 e. The summed E-state index contributed by atoms with van der Waals surface area (Å²) in [7, 11) is 1.66. The minimum absolute atomic E-state index is 0.360. The van der Waals surface area contributed by atoms with Crippen molar-refractivity contribution in [2.24, 2.45) is 13.0 Å². The molecule has 0 saturated carbocycles. The molecule has 1 aromatic carbocycles. The third-order valence-corrected chi connectivity index (χ3v) is 5.62. The zero-order chi connectivity index (χ0) is 19.7. The summed E-state index contributed by atoms with van der Waals surface area (Å²) in [6.07, 6.45) is 4.15. The lowest BCUT2D eigenvalue weighted by molar-refractivity contribution is 0.437. The molecule has 0 bridgehead atoms. The number of anilines is 1. The van der Waals surface area contributed by atoms with Crippen LogP contribution in [0.25, 0.3) is 11.2 Å². The Kier molecular flexibility index (Phi) is 5.07. The van der Waals surface area contributed by atoms with E-state index in [4.69, 9.17) is 4.98 Å². The fourth-order valence-electron chi connectivity index (χ4n) is 4.13. The van der Waals surface area contributed by atoms with Gasteiger partial charge in [0.05, 0.1) is 0 Å². The summed E-state index contributed by atoms with van der Waals surface area (Å²) < 4.78 is 3.44. The van der Waals surface area contributed by atoms with Gasteiger partial charge in [-0.2, -0.15) is 4.98 Å². The highest BCUT2D eigenvalue weighted by atomic mass is 16.2. The standard InChI is InChI=1S/C21H27N5O2/c1-15-8-6-12-25(14-15)20-22-18-17(19(27)23-21(28)24(18)2)26(20)13-7-11-16-9-4-3-5-10-16/h3-5,9-10,15H,6-8,11-14H2,1-2H3,(H,23,27,28)/t15-/m1/s1. The Labute approximate surface area is 163 Å². The minimum Gasteiger partial charge on any atom is -0.342 e. The van der Waals surface area contributed by atoms with E-state index in [1.807, 2.05) is 22.8 Å². The Morgan fingerprint density at radius 2 is 2.00 bits per heavy atom. The highest BCUT2D eigenvalue weighted by Gasteiger charge is 2.24. The molecule has 1 fully saturated rings. The zero-order valence-electron chi connectivity index (χ0n) is 16.5. The predicted octanol–water partition coefficient (Wildman–Crippen LogP) is 2.29. The predicted molar refractivity (Wildman–Crippen MR) is 111 cm³/mol. The first-order valence-electron chi connectivity index (χ1n) is 10.0. The number of aromatic nitrogens is 4. The monoisotopic (exact) mass is 381 g/mol. The maximum atomic E-state index is 12.6. The average molecular weight is 381 g/mol. The molecule has 0 spiro atoms. The van der Waals surface area contributed by atoms with Gasteiger partial charge in [-0.1, -0.05) is 37.3 Å². The van der Waals surface area contributed by atoms with Gasteiger partial charge in [0.15, 0.2) is 11.2 Å². The third-order valence-electron chi connectivity index (χ3n) is 5.62. The number of nitrogens with zero attached hydrogens (tertiary/aromatic N) is 4. The second-order valence-electron chi connectivity index (χ2n) is 7.84. The molecule has 1 aliphatic heterocycles. The van der Waals surface area contributed by atoms with Crippen molar-refractivity contribution in [1.82, 2.24) is 19.1 Å². The van der Waals surface area contributed by atoms with E-state index >= 15 is 0 Å². The van der Waals surface area contributed by atoms with Gasteiger partial charge < -0.3 is 9.47 Å². The lowest BCUT2D eigenvalue weighted by atomic mass is 10.0. The van der Waals surface area contributed by atoms with Gasteiger partial charge in [0, 0.05) is 26.7 Å². The molecule has 4 rings (SSSR count). The molecule has 1 atom stereocenters. The molecule has 148 valence electrons. The lowest BCUT2D eigenvalue weighted by Gasteiger charge is -2.32. The Morgan fingerprint density at radius 3 is 2.75 bits per heavy atom. The van der Waals surface area contributed by atoms with Crippen LogP contribution < -0.4 is 16.1 Å². The van der Waals surface area contributed by atoms with Crippen LogP contribution in [0, 0.1) is 5.92 Å². The number of fused-ring (bicyclic) bond motifs is 1. The third kappa shape index (κ3) is 3.48. The summed E-state index contributed by atoms with van der Waals surface area (Å²) >= 11 is 0. The summed E-state index contributed by atoms with van der Waals surface area (Å²) in [5.41, 5.74) is 1.44. The molecule has 1 saturated heterocycles. The quantitative estimate of drug-likeness (QED) is 0.736. The van der Waals surface area contributed by atoms with Gasteiger partial charge in [-0.3, -0.25) is 14.3 Å². The number of piperidine rings is 1. The molecule has 7 heteroatoms. The number of hydrogen-bond donors (Lipinski definition) is 1. The van der Waals surface area contributed by atoms with Crippen LogP contribution in [-0.2, 0) is 20.0 Å². The van der Waals surface area contributed by atoms with Crippen molar-refractivity contribution < 1.29 is 0 Å². The van der Waals surface area contributed by atoms with Gasteiger partial charge in [0.1, 0.15) is 0 Å². The van der Waals surface area contributed by atoms with E-state index in [9.17, 15) is 9.59 Å². The largest absolute Gasteiger partial charge is 0.342 e. The molecule has 3 heterocycles. The summed E-state index contributed by atoms with van der Waals surface area (Å²) in [5, 5.41) is 0. The average Bonchev–Trinajstić information content (AvgIpc) is 3.07. The van der Waals surface area contributed by atoms with Crippen LogP contribution in [-0.4, -0.2) is 32.2 Å². The molecule has 2 aromatic heterocycles. The summed E-state index contributed by atoms with van der Waals surface area (Å²) in [6.45, 7) is 4.79. The molecular formula is C21H27N5O2. The van der Waals surface area contributed by atoms with E-state index in [-0.39, 0.29) is 5.56 Å². The Balaban J connectivity index is 1.73. The van der Waals surface area contributed by atoms with E-state index in [2.05, 4.69) is 28.9 Å². The fourth-order valence-corrected chi connectivity index (χ4v) is 4.13. The molecule has 7 nitrogen and oxygen atoms in total. The van der Waals surface area contributed by atoms with Crippen molar-refractivity contribution >= 4 is 17.1 Å². The molecule has 28 heavy (non-hydrogen) atoms. The van der Waals surface area contributed by atoms with Crippen molar-refractivity contribution in [2.45, 2.75) is 39.2 Å². The number of H-pyrrole nitrogens is 1. The summed E-state index contributed by atoms with van der Waals surface area (Å²) in [5.74, 6) is 1.40. The lowest BCUT2D eigenvalue weighted by Crippen LogP contribution is -2.36. The van der Waals surface area contributed by atoms with Gasteiger partial charge in [-0.25, -0.2) is 4.79 Å². The van der Waals surface area contributed by atoms with Gasteiger partial charge in [-0.15, -0.1) is 0 Å². The van der Waals surface area contributed by atoms with Crippen LogP contribution >= 0.6 is 0 Å². The van der Waals surface area contributed by atoms with Crippen LogP contribution in [0.1, 0.15) is 31.7 Å². The van der Waals surface area contributed by atoms with E-state index in [0.717, 1.165) is 38.3 Å². The number of nitrogens with one attached hydrogen (secondary N) is 1. The molecule has 3 aromatic rings. The van der Waals surface area contributed by atoms with Gasteiger partial charge in [0.25, 0.3) is 5.56 Å². The molecule has 1 N–H and O–H groups in total. The highest BCUT2D eigenvalue weighted by Crippen LogP contribution is 2.25. The number of hydrogen-bond acceptors (Lipinski definition) is 4. The van der Waals surface area contributed by atoms with Crippen LogP contribution in [0.3, 0.4) is 0 Å². The Hall–Kier alpha value is -2.83. The first kappa shape index (κ1) is 18.5. The van der Waals surface area contributed by atoms with Gasteiger partial charge in [0.2, 0.25) is 5.95 Å². The molecule has 1 aliphatic rings. The highest BCUT2D eigenvalue weighted by molar-refractivity contribution is 5.74. The fraction of sp³-hybridized carbons (Fsp3) is 0.476. The molecule has 0 unspecified atom stereocenters. The van der Waals surface area contributed by atoms with Crippen molar-refractivity contribution in [3.8, 4) is 0 Å². The smallest absolute Gasteiger partial charge is 0.329 e. The van der Waals surface area contributed by atoms with Crippen LogP contribution in [0.15, 0.2) is 39.9 Å². The first-order chi connectivity index (χ1) is 13.5. The van der Waals surface area contributed by atoms with E-state index in [1.165, 1.54) is 16.6 Å². The molecular weight excluding hydrogens is 354 g/mol. The zero-order valence-corrected chi connectivity index (χ0v) is 16.5. The molecule has 0 amide bonds. The first-order valence-corrected chi connectivity index (χ1v) is 10.0. The topological polar surface area (TPSA) is 75.9 Å². The van der Waals surface area contributed by atoms with Crippen LogP contribution in [0.4, 0.5) is 5.95 Å². The van der Waals surface area contributed by atoms with E-state index in [1.54, 1.807) is 7.05 Å². The Bertz CT molecular complexity index is 1080. The van der Waals surface area contributed by atoms with E-state index < -0.39 is 5.69 Å². The molecule has 0 aliphatic carbocycles. The second kappa shape index (κ2) is 7.66. The van der Waals surface area contributed by atoms with E-state index in [0.29, 0.717) is 23.6 Å². The number of imidazole rings is 1. The second-order valence-corrected chi connectivity index (χ2v) is 7.84. The minimum atomic E-state index is -0.426. The number of benzene rings is 1. The normalized spacial score (nSPS) is 17.4. The number of aromatic amines is 1. The van der Waals surface area contributed by atoms with Crippen molar-refractivity contribution in [3.63, 3.8) is 0 Å². The van der Waals surface area contributed by atoms with Gasteiger partial charge >= 0.3 is 5.69 Å². The Morgan fingerprint density at radius 1 is 1.21 bits per heavy atom. The summed E-state index contributed by atoms with van der Waals surface area (Å²) in [6, 6.07) is 10.3. The van der Waals surface area contributed by atoms with Crippen molar-refractivity contribution in [1.29, 1.82) is 0 Å². The SMILES string of the molecule is C[C@@H]1CCCN(c2nc3c(c(=O)[nH]c(=O)n3C)n2CCCc2ccccc2)C1. The van der Waals surface area contributed by atoms with Crippen LogP contribution in [0.5, 0.6) is 0 Å².